The summed E-state index contributed by atoms with van der Waals surface area (Å²) in [6.07, 6.45) is 3.97. The van der Waals surface area contributed by atoms with Gasteiger partial charge < -0.3 is 10.2 Å². The van der Waals surface area contributed by atoms with Gasteiger partial charge in [-0.1, -0.05) is 48.8 Å². The molecule has 2 aromatic carbocycles. The number of nitrogens with zero attached hydrogens (tertiary/aromatic N) is 2. The van der Waals surface area contributed by atoms with Gasteiger partial charge in [0, 0.05) is 36.0 Å². The highest BCUT2D eigenvalue weighted by Gasteiger charge is 2.29. The van der Waals surface area contributed by atoms with Crippen LogP contribution < -0.4 is 5.32 Å². The Kier molecular flexibility index (Phi) is 7.40. The average molecular weight is 416 g/mol. The number of benzene rings is 2. The van der Waals surface area contributed by atoms with Gasteiger partial charge in [0.15, 0.2) is 5.17 Å². The normalized spacial score (nSPS) is 17.9. The highest BCUT2D eigenvalue weighted by atomic mass is 35.5. The summed E-state index contributed by atoms with van der Waals surface area (Å²) in [5, 5.41) is 4.55. The Hall–Kier alpha value is -1.98. The van der Waals surface area contributed by atoms with E-state index in [0.717, 1.165) is 28.7 Å². The van der Waals surface area contributed by atoms with Crippen LogP contribution in [0.3, 0.4) is 0 Å². The van der Waals surface area contributed by atoms with Crippen LogP contribution in [0.1, 0.15) is 31.7 Å². The van der Waals surface area contributed by atoms with Crippen LogP contribution in [0.4, 0.5) is 11.4 Å². The van der Waals surface area contributed by atoms with E-state index in [2.05, 4.69) is 41.4 Å². The van der Waals surface area contributed by atoms with Gasteiger partial charge in [-0.2, -0.15) is 0 Å². The first kappa shape index (κ1) is 20.7. The fourth-order valence-electron chi connectivity index (χ4n) is 3.04. The Morgan fingerprint density at radius 2 is 1.93 bits per heavy atom. The van der Waals surface area contributed by atoms with E-state index in [1.165, 1.54) is 18.4 Å². The third-order valence-electron chi connectivity index (χ3n) is 4.78. The topological polar surface area (TPSA) is 44.7 Å². The summed E-state index contributed by atoms with van der Waals surface area (Å²) in [7, 11) is 2.01. The summed E-state index contributed by atoms with van der Waals surface area (Å²) in [6.45, 7) is 2.21. The largest absolute Gasteiger partial charge is 0.350 e. The van der Waals surface area contributed by atoms with Gasteiger partial charge in [-0.15, -0.1) is 0 Å². The minimum Gasteiger partial charge on any atom is -0.350 e. The van der Waals surface area contributed by atoms with Gasteiger partial charge >= 0.3 is 0 Å². The molecular formula is C22H26ClN3OS. The molecule has 1 aliphatic rings. The number of anilines is 1. The molecule has 0 saturated carbocycles. The van der Waals surface area contributed by atoms with Gasteiger partial charge in [0.2, 0.25) is 5.91 Å². The molecule has 1 saturated heterocycles. The van der Waals surface area contributed by atoms with Gasteiger partial charge in [0.25, 0.3) is 0 Å². The van der Waals surface area contributed by atoms with Crippen molar-refractivity contribution in [2.75, 3.05) is 18.1 Å². The number of halogens is 1. The number of rotatable bonds is 7. The molecule has 0 bridgehead atoms. The number of aryl methyl sites for hydroxylation is 1. The van der Waals surface area contributed by atoms with Crippen LogP contribution >= 0.6 is 23.4 Å². The standard InChI is InChI=1S/C22H26ClN3OS/c1-3-4-5-16-6-10-19(11-7-16)25-22-26(2)20(15-28-22)14-21(27)24-18-12-8-17(23)9-13-18/h6-13,20H,3-5,14-15H2,1-2H3,(H,24,27). The highest BCUT2D eigenvalue weighted by molar-refractivity contribution is 8.14. The van der Waals surface area contributed by atoms with Crippen LogP contribution in [0.2, 0.25) is 5.02 Å². The molecule has 4 nitrogen and oxygen atoms in total. The zero-order valence-corrected chi connectivity index (χ0v) is 17.9. The van der Waals surface area contributed by atoms with E-state index in [-0.39, 0.29) is 11.9 Å². The summed E-state index contributed by atoms with van der Waals surface area (Å²) in [5.74, 6) is 0.860. The lowest BCUT2D eigenvalue weighted by Crippen LogP contribution is -2.33. The second-order valence-corrected chi connectivity index (χ2v) is 8.42. The molecule has 1 amide bonds. The molecule has 1 atom stereocenters. The Labute approximate surface area is 176 Å². The first-order valence-corrected chi connectivity index (χ1v) is 11.0. The molecular weight excluding hydrogens is 390 g/mol. The molecule has 28 heavy (non-hydrogen) atoms. The minimum atomic E-state index is 0.00120. The van der Waals surface area contributed by atoms with Crippen molar-refractivity contribution >= 4 is 45.8 Å². The molecule has 1 heterocycles. The predicted molar refractivity (Wildman–Crippen MR) is 121 cm³/mol. The smallest absolute Gasteiger partial charge is 0.226 e. The first-order valence-electron chi connectivity index (χ1n) is 9.64. The molecule has 0 aromatic heterocycles. The fraction of sp³-hybridized carbons (Fsp3) is 0.364. The first-order chi connectivity index (χ1) is 13.5. The number of aliphatic imine (C=N–C) groups is 1. The predicted octanol–water partition coefficient (Wildman–Crippen LogP) is 5.75. The van der Waals surface area contributed by atoms with Gasteiger partial charge in [-0.3, -0.25) is 4.79 Å². The number of hydrogen-bond acceptors (Lipinski definition) is 3. The number of amides is 1. The van der Waals surface area contributed by atoms with Crippen LogP contribution in [-0.4, -0.2) is 34.8 Å². The third kappa shape index (κ3) is 5.76. The molecule has 148 valence electrons. The number of carbonyl (C=O) groups excluding carboxylic acids is 1. The quantitative estimate of drug-likeness (QED) is 0.626. The summed E-state index contributed by atoms with van der Waals surface area (Å²) >= 11 is 7.58. The van der Waals surface area contributed by atoms with E-state index < -0.39 is 0 Å². The maximum Gasteiger partial charge on any atom is 0.226 e. The molecule has 1 fully saturated rings. The lowest BCUT2D eigenvalue weighted by Gasteiger charge is -2.20. The average Bonchev–Trinajstić information content (AvgIpc) is 3.02. The molecule has 1 aliphatic heterocycles. The number of thioether (sulfide) groups is 1. The van der Waals surface area contributed by atoms with Crippen molar-refractivity contribution in [1.29, 1.82) is 0 Å². The minimum absolute atomic E-state index is 0.00120. The van der Waals surface area contributed by atoms with Gasteiger partial charge in [0.05, 0.1) is 5.69 Å². The van der Waals surface area contributed by atoms with Gasteiger partial charge in [-0.25, -0.2) is 4.99 Å². The van der Waals surface area contributed by atoms with Crippen molar-refractivity contribution in [1.82, 2.24) is 4.90 Å². The van der Waals surface area contributed by atoms with E-state index in [0.29, 0.717) is 11.4 Å². The van der Waals surface area contributed by atoms with Gasteiger partial charge in [-0.05, 0) is 54.8 Å². The Morgan fingerprint density at radius 3 is 2.61 bits per heavy atom. The van der Waals surface area contributed by atoms with E-state index in [1.54, 1.807) is 23.9 Å². The molecule has 0 aliphatic carbocycles. The molecule has 2 aromatic rings. The Balaban J connectivity index is 1.56. The Bertz CT molecular complexity index is 821. The summed E-state index contributed by atoms with van der Waals surface area (Å²) in [4.78, 5) is 19.2. The van der Waals surface area contributed by atoms with E-state index in [4.69, 9.17) is 16.6 Å². The van der Waals surface area contributed by atoms with Crippen molar-refractivity contribution in [3.05, 3.63) is 59.1 Å². The summed E-state index contributed by atoms with van der Waals surface area (Å²) in [5.41, 5.74) is 3.08. The van der Waals surface area contributed by atoms with Crippen molar-refractivity contribution in [3.8, 4) is 0 Å². The lowest BCUT2D eigenvalue weighted by molar-refractivity contribution is -0.116. The SMILES string of the molecule is CCCCc1ccc(N=C2SCC(CC(=O)Nc3ccc(Cl)cc3)N2C)cc1. The monoisotopic (exact) mass is 415 g/mol. The number of hydrogen-bond donors (Lipinski definition) is 1. The molecule has 3 rings (SSSR count). The van der Waals surface area contributed by atoms with Crippen LogP contribution in [0.15, 0.2) is 53.5 Å². The number of amidine groups is 1. The van der Waals surface area contributed by atoms with E-state index in [1.807, 2.05) is 19.2 Å². The maximum atomic E-state index is 12.4. The number of nitrogens with one attached hydrogen (secondary N) is 1. The number of carbonyl (C=O) groups is 1. The van der Waals surface area contributed by atoms with Crippen molar-refractivity contribution < 1.29 is 4.79 Å². The molecule has 0 spiro atoms. The zero-order chi connectivity index (χ0) is 19.9. The third-order valence-corrected chi connectivity index (χ3v) is 6.22. The van der Waals surface area contributed by atoms with Crippen LogP contribution in [0.5, 0.6) is 0 Å². The summed E-state index contributed by atoms with van der Waals surface area (Å²) in [6, 6.07) is 15.8. The fourth-order valence-corrected chi connectivity index (χ4v) is 4.37. The number of unbranched alkanes of at least 4 members (excludes halogenated alkanes) is 1. The van der Waals surface area contributed by atoms with Crippen molar-refractivity contribution in [2.24, 2.45) is 4.99 Å². The molecule has 1 N–H and O–H groups in total. The molecule has 1 unspecified atom stereocenters. The maximum absolute atomic E-state index is 12.4. The molecule has 0 radical (unpaired) electrons. The van der Waals surface area contributed by atoms with E-state index in [9.17, 15) is 4.79 Å². The van der Waals surface area contributed by atoms with E-state index >= 15 is 0 Å². The van der Waals surface area contributed by atoms with Crippen LogP contribution in [0.25, 0.3) is 0 Å². The highest BCUT2D eigenvalue weighted by Crippen LogP contribution is 2.28. The van der Waals surface area contributed by atoms with Gasteiger partial charge in [0.1, 0.15) is 0 Å². The summed E-state index contributed by atoms with van der Waals surface area (Å²) < 4.78 is 0. The Morgan fingerprint density at radius 1 is 1.21 bits per heavy atom. The second-order valence-electron chi connectivity index (χ2n) is 7.00. The second kappa shape index (κ2) is 9.99. The van der Waals surface area contributed by atoms with Crippen LogP contribution in [0, 0.1) is 0 Å². The lowest BCUT2D eigenvalue weighted by atomic mass is 10.1. The zero-order valence-electron chi connectivity index (χ0n) is 16.3. The van der Waals surface area contributed by atoms with Crippen molar-refractivity contribution in [2.45, 2.75) is 38.6 Å². The molecule has 6 heteroatoms. The van der Waals surface area contributed by atoms with Crippen molar-refractivity contribution in [3.63, 3.8) is 0 Å². The van der Waals surface area contributed by atoms with Crippen LogP contribution in [-0.2, 0) is 11.2 Å².